The van der Waals surface area contributed by atoms with Gasteiger partial charge < -0.3 is 19.1 Å². The Morgan fingerprint density at radius 1 is 1.16 bits per heavy atom. The standard InChI is InChI=1S/C19H20N2O4/c1-12(2)25-16-9-8-13(10-17(16)24-3)11-21-15-7-5-4-6-14(15)18(20-23)19(21)22/h4-10,12,22H,11H2,1-3H3. The molecule has 0 radical (unpaired) electrons. The molecule has 0 aliphatic heterocycles. The number of ether oxygens (including phenoxy) is 2. The molecule has 0 aliphatic carbocycles. The molecule has 25 heavy (non-hydrogen) atoms. The maximum Gasteiger partial charge on any atom is 0.222 e. The van der Waals surface area contributed by atoms with Crippen LogP contribution in [-0.4, -0.2) is 22.9 Å². The van der Waals surface area contributed by atoms with E-state index in [0.29, 0.717) is 23.4 Å². The summed E-state index contributed by atoms with van der Waals surface area (Å²) in [5.41, 5.74) is 1.71. The van der Waals surface area contributed by atoms with Gasteiger partial charge in [-0.1, -0.05) is 24.3 Å². The Labute approximate surface area is 145 Å². The van der Waals surface area contributed by atoms with Gasteiger partial charge in [0.05, 0.1) is 25.3 Å². The van der Waals surface area contributed by atoms with Gasteiger partial charge in [-0.25, -0.2) is 0 Å². The Morgan fingerprint density at radius 3 is 2.60 bits per heavy atom. The summed E-state index contributed by atoms with van der Waals surface area (Å²) < 4.78 is 12.8. The topological polar surface area (TPSA) is 73.0 Å². The zero-order valence-corrected chi connectivity index (χ0v) is 14.4. The molecular weight excluding hydrogens is 320 g/mol. The third-order valence-electron chi connectivity index (χ3n) is 3.94. The summed E-state index contributed by atoms with van der Waals surface area (Å²) in [4.78, 5) is 11.1. The van der Waals surface area contributed by atoms with E-state index in [4.69, 9.17) is 9.47 Å². The lowest BCUT2D eigenvalue weighted by Gasteiger charge is -2.15. The number of benzene rings is 2. The smallest absolute Gasteiger partial charge is 0.222 e. The van der Waals surface area contributed by atoms with Crippen LogP contribution >= 0.6 is 0 Å². The first-order valence-corrected chi connectivity index (χ1v) is 8.02. The van der Waals surface area contributed by atoms with Crippen molar-refractivity contribution in [3.8, 4) is 17.4 Å². The molecule has 0 atom stereocenters. The molecule has 0 fully saturated rings. The third-order valence-corrected chi connectivity index (χ3v) is 3.94. The molecular formula is C19H20N2O4. The van der Waals surface area contributed by atoms with Crippen LogP contribution in [0.3, 0.4) is 0 Å². The number of aromatic hydroxyl groups is 1. The highest BCUT2D eigenvalue weighted by atomic mass is 16.5. The Bertz CT molecular complexity index is 915. The maximum atomic E-state index is 11.1. The van der Waals surface area contributed by atoms with E-state index in [1.54, 1.807) is 17.7 Å². The van der Waals surface area contributed by atoms with Crippen molar-refractivity contribution in [1.29, 1.82) is 0 Å². The molecule has 0 aliphatic rings. The molecule has 0 saturated carbocycles. The van der Waals surface area contributed by atoms with Crippen molar-refractivity contribution < 1.29 is 14.6 Å². The van der Waals surface area contributed by atoms with Gasteiger partial charge in [0, 0.05) is 5.39 Å². The average molecular weight is 340 g/mol. The highest BCUT2D eigenvalue weighted by Crippen LogP contribution is 2.39. The quantitative estimate of drug-likeness (QED) is 0.666. The lowest BCUT2D eigenvalue weighted by molar-refractivity contribution is 0.230. The summed E-state index contributed by atoms with van der Waals surface area (Å²) in [5, 5.41) is 14.0. The van der Waals surface area contributed by atoms with Crippen molar-refractivity contribution in [2.45, 2.75) is 26.5 Å². The van der Waals surface area contributed by atoms with Crippen molar-refractivity contribution in [1.82, 2.24) is 4.57 Å². The van der Waals surface area contributed by atoms with Crippen LogP contribution in [-0.2, 0) is 6.54 Å². The van der Waals surface area contributed by atoms with Crippen molar-refractivity contribution in [2.24, 2.45) is 5.18 Å². The van der Waals surface area contributed by atoms with Crippen molar-refractivity contribution in [2.75, 3.05) is 7.11 Å². The van der Waals surface area contributed by atoms with E-state index >= 15 is 0 Å². The molecule has 130 valence electrons. The Hall–Kier alpha value is -3.02. The van der Waals surface area contributed by atoms with Crippen molar-refractivity contribution >= 4 is 16.6 Å². The van der Waals surface area contributed by atoms with E-state index in [-0.39, 0.29) is 17.7 Å². The van der Waals surface area contributed by atoms with Crippen LogP contribution in [0.15, 0.2) is 47.6 Å². The van der Waals surface area contributed by atoms with Crippen LogP contribution in [0.25, 0.3) is 10.9 Å². The number of para-hydroxylation sites is 1. The summed E-state index contributed by atoms with van der Waals surface area (Å²) >= 11 is 0. The maximum absolute atomic E-state index is 11.1. The first kappa shape index (κ1) is 16.8. The molecule has 3 rings (SSSR count). The zero-order valence-electron chi connectivity index (χ0n) is 14.4. The van der Waals surface area contributed by atoms with E-state index in [1.165, 1.54) is 0 Å². The third kappa shape index (κ3) is 3.15. The molecule has 6 heteroatoms. The fraction of sp³-hybridized carbons (Fsp3) is 0.263. The molecule has 1 heterocycles. The van der Waals surface area contributed by atoms with E-state index < -0.39 is 0 Å². The summed E-state index contributed by atoms with van der Waals surface area (Å²) in [6.45, 7) is 4.27. The van der Waals surface area contributed by atoms with Gasteiger partial charge in [0.2, 0.25) is 5.88 Å². The van der Waals surface area contributed by atoms with Gasteiger partial charge in [-0.15, -0.1) is 4.91 Å². The van der Waals surface area contributed by atoms with Crippen LogP contribution in [0.1, 0.15) is 19.4 Å². The summed E-state index contributed by atoms with van der Waals surface area (Å²) in [7, 11) is 1.59. The van der Waals surface area contributed by atoms with Gasteiger partial charge in [-0.2, -0.15) is 0 Å². The van der Waals surface area contributed by atoms with Crippen LogP contribution in [0.4, 0.5) is 5.69 Å². The molecule has 6 nitrogen and oxygen atoms in total. The first-order valence-electron chi connectivity index (χ1n) is 8.02. The molecule has 1 N–H and O–H groups in total. The lowest BCUT2D eigenvalue weighted by Crippen LogP contribution is -2.07. The number of hydrogen-bond donors (Lipinski definition) is 1. The molecule has 0 saturated heterocycles. The fourth-order valence-electron chi connectivity index (χ4n) is 2.87. The fourth-order valence-corrected chi connectivity index (χ4v) is 2.87. The molecule has 0 amide bonds. The number of rotatable bonds is 6. The van der Waals surface area contributed by atoms with Gasteiger partial charge in [0.15, 0.2) is 17.2 Å². The van der Waals surface area contributed by atoms with E-state index in [2.05, 4.69) is 5.18 Å². The van der Waals surface area contributed by atoms with Crippen LogP contribution in [0, 0.1) is 4.91 Å². The Morgan fingerprint density at radius 2 is 1.92 bits per heavy atom. The molecule has 0 unspecified atom stereocenters. The van der Waals surface area contributed by atoms with Gasteiger partial charge in [-0.3, -0.25) is 0 Å². The molecule has 2 aromatic carbocycles. The van der Waals surface area contributed by atoms with Crippen LogP contribution in [0.5, 0.6) is 17.4 Å². The second-order valence-electron chi connectivity index (χ2n) is 6.02. The number of methoxy groups -OCH3 is 1. The molecule has 3 aromatic rings. The minimum absolute atomic E-state index is 0.0402. The normalized spacial score (nSPS) is 11.0. The van der Waals surface area contributed by atoms with Crippen LogP contribution in [0.2, 0.25) is 0 Å². The van der Waals surface area contributed by atoms with Gasteiger partial charge in [0.1, 0.15) is 0 Å². The van der Waals surface area contributed by atoms with Crippen molar-refractivity contribution in [3.05, 3.63) is 52.9 Å². The Balaban J connectivity index is 2.02. The van der Waals surface area contributed by atoms with E-state index in [1.807, 2.05) is 50.2 Å². The average Bonchev–Trinajstić information content (AvgIpc) is 2.87. The second kappa shape index (κ2) is 6.84. The summed E-state index contributed by atoms with van der Waals surface area (Å²) in [5.74, 6) is 1.15. The van der Waals surface area contributed by atoms with E-state index in [9.17, 15) is 10.0 Å². The minimum atomic E-state index is -0.141. The second-order valence-corrected chi connectivity index (χ2v) is 6.02. The predicted molar refractivity (Wildman–Crippen MR) is 96.9 cm³/mol. The SMILES string of the molecule is COc1cc(Cn2c(O)c(N=O)c3ccccc32)ccc1OC(C)C. The zero-order chi connectivity index (χ0) is 18.0. The Kier molecular flexibility index (Phi) is 4.61. The van der Waals surface area contributed by atoms with E-state index in [0.717, 1.165) is 11.1 Å². The van der Waals surface area contributed by atoms with Crippen LogP contribution < -0.4 is 9.47 Å². The number of aromatic nitrogens is 1. The van der Waals surface area contributed by atoms with Crippen molar-refractivity contribution in [3.63, 3.8) is 0 Å². The van der Waals surface area contributed by atoms with Gasteiger partial charge >= 0.3 is 0 Å². The number of nitrogens with zero attached hydrogens (tertiary/aromatic N) is 2. The minimum Gasteiger partial charge on any atom is -0.493 e. The highest BCUT2D eigenvalue weighted by Gasteiger charge is 2.18. The largest absolute Gasteiger partial charge is 0.493 e. The van der Waals surface area contributed by atoms with Gasteiger partial charge in [-0.05, 0) is 42.8 Å². The summed E-state index contributed by atoms with van der Waals surface area (Å²) in [6, 6.07) is 12.9. The predicted octanol–water partition coefficient (Wildman–Crippen LogP) is 4.59. The number of fused-ring (bicyclic) bond motifs is 1. The summed E-state index contributed by atoms with van der Waals surface area (Å²) in [6.07, 6.45) is 0.0402. The van der Waals surface area contributed by atoms with Gasteiger partial charge in [0.25, 0.3) is 0 Å². The number of hydrogen-bond acceptors (Lipinski definition) is 5. The first-order chi connectivity index (χ1) is 12.0. The monoisotopic (exact) mass is 340 g/mol. The highest BCUT2D eigenvalue weighted by molar-refractivity contribution is 5.95. The molecule has 0 bridgehead atoms. The molecule has 0 spiro atoms. The number of nitroso groups, excluding NO2 is 1. The molecule has 1 aromatic heterocycles. The lowest BCUT2D eigenvalue weighted by atomic mass is 10.2.